The standard InChI is InChI=1S/C30H25N7O2/c1-36-20-25(19-33-36)34-29-31-17-22(18-32-29)13-12-21-6-4-9-24(16-21)35-30(38)37-28(14-15-39-37)27-11-5-8-23-7-2-3-10-26(23)27/h2-11,16-20,28H,14-15H2,1H3,(H,35,38)(H,31,32,34)/t28-/m0/s1. The van der Waals surface area contributed by atoms with Crippen LogP contribution in [0.5, 0.6) is 0 Å². The van der Waals surface area contributed by atoms with Gasteiger partial charge in [-0.3, -0.25) is 9.52 Å². The Labute approximate surface area is 225 Å². The van der Waals surface area contributed by atoms with E-state index in [0.717, 1.165) is 34.0 Å². The summed E-state index contributed by atoms with van der Waals surface area (Å²) >= 11 is 0. The lowest BCUT2D eigenvalue weighted by Gasteiger charge is -2.24. The van der Waals surface area contributed by atoms with Crippen LogP contribution in [0.25, 0.3) is 10.8 Å². The average molecular weight is 516 g/mol. The molecule has 9 heteroatoms. The Bertz CT molecular complexity index is 1700. The molecule has 2 amide bonds. The molecule has 0 bridgehead atoms. The number of anilines is 3. The quantitative estimate of drug-likeness (QED) is 0.311. The molecule has 5 aromatic rings. The van der Waals surface area contributed by atoms with Gasteiger partial charge in [-0.2, -0.15) is 10.2 Å². The first kappa shape index (κ1) is 24.2. The van der Waals surface area contributed by atoms with Crippen LogP contribution in [0.4, 0.5) is 22.1 Å². The third-order valence-electron chi connectivity index (χ3n) is 6.37. The summed E-state index contributed by atoms with van der Waals surface area (Å²) in [5.41, 5.74) is 3.93. The molecule has 0 saturated carbocycles. The van der Waals surface area contributed by atoms with Crippen LogP contribution >= 0.6 is 0 Å². The Kier molecular flexibility index (Phi) is 6.60. The molecule has 192 valence electrons. The summed E-state index contributed by atoms with van der Waals surface area (Å²) in [5.74, 6) is 6.64. The highest BCUT2D eigenvalue weighted by Crippen LogP contribution is 2.35. The number of amides is 2. The van der Waals surface area contributed by atoms with Crippen LogP contribution in [0, 0.1) is 11.8 Å². The lowest BCUT2D eigenvalue weighted by Crippen LogP contribution is -2.33. The number of benzene rings is 3. The molecule has 3 heterocycles. The molecule has 2 N–H and O–H groups in total. The fourth-order valence-electron chi connectivity index (χ4n) is 4.56. The highest BCUT2D eigenvalue weighted by atomic mass is 16.7. The zero-order chi connectivity index (χ0) is 26.6. The summed E-state index contributed by atoms with van der Waals surface area (Å²) in [6, 6.07) is 21.2. The number of rotatable bonds is 4. The van der Waals surface area contributed by atoms with Gasteiger partial charge in [-0.05, 0) is 34.5 Å². The summed E-state index contributed by atoms with van der Waals surface area (Å²) in [6.45, 7) is 0.478. The number of nitrogens with one attached hydrogen (secondary N) is 2. The lowest BCUT2D eigenvalue weighted by atomic mass is 9.97. The molecule has 1 atom stereocenters. The van der Waals surface area contributed by atoms with E-state index in [-0.39, 0.29) is 12.1 Å². The Morgan fingerprint density at radius 1 is 0.949 bits per heavy atom. The second-order valence-electron chi connectivity index (χ2n) is 9.12. The normalized spacial score (nSPS) is 14.6. The van der Waals surface area contributed by atoms with Crippen LogP contribution in [0.1, 0.15) is 29.2 Å². The number of carbonyl (C=O) groups excluding carboxylic acids is 1. The summed E-state index contributed by atoms with van der Waals surface area (Å²) in [5, 5.41) is 13.9. The molecular weight excluding hydrogens is 490 g/mol. The highest BCUT2D eigenvalue weighted by Gasteiger charge is 2.32. The van der Waals surface area contributed by atoms with Gasteiger partial charge in [-0.15, -0.1) is 0 Å². The third-order valence-corrected chi connectivity index (χ3v) is 6.37. The summed E-state index contributed by atoms with van der Waals surface area (Å²) < 4.78 is 1.69. The van der Waals surface area contributed by atoms with E-state index in [9.17, 15) is 4.79 Å². The molecule has 0 unspecified atom stereocenters. The van der Waals surface area contributed by atoms with E-state index < -0.39 is 0 Å². The molecular formula is C30H25N7O2. The van der Waals surface area contributed by atoms with Gasteiger partial charge >= 0.3 is 6.03 Å². The first-order valence-corrected chi connectivity index (χ1v) is 12.5. The molecule has 9 nitrogen and oxygen atoms in total. The number of fused-ring (bicyclic) bond motifs is 1. The largest absolute Gasteiger partial charge is 0.346 e. The van der Waals surface area contributed by atoms with Crippen molar-refractivity contribution in [2.24, 2.45) is 7.05 Å². The molecule has 0 radical (unpaired) electrons. The van der Waals surface area contributed by atoms with Gasteiger partial charge in [0.05, 0.1) is 30.1 Å². The van der Waals surface area contributed by atoms with Crippen molar-refractivity contribution >= 4 is 34.1 Å². The number of aryl methyl sites for hydroxylation is 1. The predicted molar refractivity (Wildman–Crippen MR) is 149 cm³/mol. The van der Waals surface area contributed by atoms with Crippen molar-refractivity contribution in [3.63, 3.8) is 0 Å². The van der Waals surface area contributed by atoms with Crippen LogP contribution in [0.15, 0.2) is 91.5 Å². The average Bonchev–Trinajstić information content (AvgIpc) is 3.62. The zero-order valence-electron chi connectivity index (χ0n) is 21.2. The number of carbonyl (C=O) groups is 1. The van der Waals surface area contributed by atoms with Gasteiger partial charge < -0.3 is 10.6 Å². The van der Waals surface area contributed by atoms with Crippen molar-refractivity contribution in [3.8, 4) is 11.8 Å². The smallest absolute Gasteiger partial charge is 0.321 e. The van der Waals surface area contributed by atoms with E-state index in [1.165, 1.54) is 5.06 Å². The van der Waals surface area contributed by atoms with Crippen LogP contribution in [-0.2, 0) is 11.9 Å². The van der Waals surface area contributed by atoms with Gasteiger partial charge in [0.15, 0.2) is 0 Å². The molecule has 3 aromatic carbocycles. The second-order valence-corrected chi connectivity index (χ2v) is 9.12. The Morgan fingerprint density at radius 2 is 1.74 bits per heavy atom. The summed E-state index contributed by atoms with van der Waals surface area (Å²) in [6.07, 6.45) is 7.57. The highest BCUT2D eigenvalue weighted by molar-refractivity contribution is 5.91. The number of nitrogens with zero attached hydrogens (tertiary/aromatic N) is 5. The van der Waals surface area contributed by atoms with Crippen molar-refractivity contribution in [2.75, 3.05) is 17.2 Å². The van der Waals surface area contributed by atoms with E-state index >= 15 is 0 Å². The molecule has 1 aliphatic rings. The second kappa shape index (κ2) is 10.7. The number of urea groups is 1. The van der Waals surface area contributed by atoms with E-state index in [0.29, 0.717) is 23.8 Å². The SMILES string of the molecule is Cn1cc(Nc2ncc(C#Cc3cccc(NC(=O)N4OCC[C@H]4c4cccc5ccccc45)c3)cn2)cn1. The van der Waals surface area contributed by atoms with Crippen molar-refractivity contribution in [1.82, 2.24) is 24.8 Å². The monoisotopic (exact) mass is 515 g/mol. The van der Waals surface area contributed by atoms with Gasteiger partial charge in [0, 0.05) is 43.3 Å². The van der Waals surface area contributed by atoms with Crippen LogP contribution in [-0.4, -0.2) is 37.4 Å². The Balaban J connectivity index is 1.13. The van der Waals surface area contributed by atoms with E-state index in [2.05, 4.69) is 61.8 Å². The van der Waals surface area contributed by atoms with Gasteiger partial charge in [0.25, 0.3) is 0 Å². The molecule has 2 aromatic heterocycles. The van der Waals surface area contributed by atoms with E-state index in [1.807, 2.05) is 55.7 Å². The number of hydrogen-bond acceptors (Lipinski definition) is 6. The first-order valence-electron chi connectivity index (χ1n) is 12.5. The van der Waals surface area contributed by atoms with Crippen LogP contribution in [0.2, 0.25) is 0 Å². The summed E-state index contributed by atoms with van der Waals surface area (Å²) in [4.78, 5) is 27.6. The minimum absolute atomic E-state index is 0.172. The topological polar surface area (TPSA) is 97.2 Å². The minimum atomic E-state index is -0.319. The van der Waals surface area contributed by atoms with E-state index in [4.69, 9.17) is 4.84 Å². The van der Waals surface area contributed by atoms with Crippen molar-refractivity contribution in [3.05, 3.63) is 108 Å². The summed E-state index contributed by atoms with van der Waals surface area (Å²) in [7, 11) is 1.84. The maximum Gasteiger partial charge on any atom is 0.346 e. The minimum Gasteiger partial charge on any atom is -0.321 e. The van der Waals surface area contributed by atoms with Gasteiger partial charge in [-0.25, -0.2) is 14.8 Å². The van der Waals surface area contributed by atoms with Gasteiger partial charge in [-0.1, -0.05) is 60.4 Å². The zero-order valence-corrected chi connectivity index (χ0v) is 21.2. The van der Waals surface area contributed by atoms with Crippen molar-refractivity contribution in [2.45, 2.75) is 12.5 Å². The molecule has 0 aliphatic carbocycles. The first-order chi connectivity index (χ1) is 19.1. The number of hydroxylamine groups is 2. The lowest BCUT2D eigenvalue weighted by molar-refractivity contribution is -0.0827. The fourth-order valence-corrected chi connectivity index (χ4v) is 4.56. The van der Waals surface area contributed by atoms with Crippen LogP contribution < -0.4 is 10.6 Å². The van der Waals surface area contributed by atoms with Crippen molar-refractivity contribution < 1.29 is 9.63 Å². The maximum absolute atomic E-state index is 13.2. The maximum atomic E-state index is 13.2. The van der Waals surface area contributed by atoms with Crippen molar-refractivity contribution in [1.29, 1.82) is 0 Å². The van der Waals surface area contributed by atoms with Gasteiger partial charge in [0.2, 0.25) is 5.95 Å². The number of aromatic nitrogens is 4. The van der Waals surface area contributed by atoms with E-state index in [1.54, 1.807) is 23.3 Å². The molecule has 1 aliphatic heterocycles. The molecule has 1 saturated heterocycles. The molecule has 1 fully saturated rings. The van der Waals surface area contributed by atoms with Crippen LogP contribution in [0.3, 0.4) is 0 Å². The fraction of sp³-hybridized carbons (Fsp3) is 0.133. The number of hydrogen-bond donors (Lipinski definition) is 2. The van der Waals surface area contributed by atoms with Gasteiger partial charge in [0.1, 0.15) is 0 Å². The predicted octanol–water partition coefficient (Wildman–Crippen LogP) is 5.42. The Hall–Kier alpha value is -5.20. The third kappa shape index (κ3) is 5.42. The molecule has 39 heavy (non-hydrogen) atoms. The molecule has 0 spiro atoms. The Morgan fingerprint density at radius 3 is 2.59 bits per heavy atom. The molecule has 6 rings (SSSR count).